The quantitative estimate of drug-likeness (QED) is 0.204. The van der Waals surface area contributed by atoms with Gasteiger partial charge in [-0.25, -0.2) is 9.78 Å². The Balaban J connectivity index is 1.48. The number of aliphatic hydroxyl groups is 1. The van der Waals surface area contributed by atoms with Crippen molar-refractivity contribution in [1.29, 1.82) is 0 Å². The monoisotopic (exact) mass is 594 g/mol. The molecule has 10 nitrogen and oxygen atoms in total. The number of thioether (sulfide) groups is 1. The number of nitrogens with one attached hydrogen (secondary N) is 1. The summed E-state index contributed by atoms with van der Waals surface area (Å²) in [5, 5.41) is 31.0. The first-order valence-electron chi connectivity index (χ1n) is 13.6. The lowest BCUT2D eigenvalue weighted by molar-refractivity contribution is -0.268. The molecule has 11 heteroatoms. The number of carbonyl (C=O) groups is 3. The number of aliphatic carboxylic acids is 1. The molecule has 1 aromatic heterocycles. The summed E-state index contributed by atoms with van der Waals surface area (Å²) in [6.45, 7) is 2.28. The van der Waals surface area contributed by atoms with E-state index in [0.29, 0.717) is 17.3 Å². The van der Waals surface area contributed by atoms with Gasteiger partial charge >= 0.3 is 11.9 Å². The van der Waals surface area contributed by atoms with Crippen LogP contribution in [0, 0.1) is 5.92 Å². The van der Waals surface area contributed by atoms with Gasteiger partial charge in [-0.15, -0.1) is 11.8 Å². The number of aromatic nitrogens is 1. The van der Waals surface area contributed by atoms with Crippen LogP contribution in [0.3, 0.4) is 0 Å². The molecule has 1 saturated heterocycles. The molecule has 1 amide bonds. The molecule has 0 saturated carbocycles. The van der Waals surface area contributed by atoms with E-state index in [4.69, 9.17) is 14.6 Å². The predicted octanol–water partition coefficient (Wildman–Crippen LogP) is 4.73. The van der Waals surface area contributed by atoms with Gasteiger partial charge in [-0.3, -0.25) is 9.59 Å². The Bertz CT molecular complexity index is 1370. The fourth-order valence-electron chi connectivity index (χ4n) is 4.62. The summed E-state index contributed by atoms with van der Waals surface area (Å²) in [6, 6.07) is 18.2. The van der Waals surface area contributed by atoms with Crippen LogP contribution in [0.5, 0.6) is 0 Å². The minimum atomic E-state index is -1.04. The Morgan fingerprint density at radius 1 is 0.929 bits per heavy atom. The molecule has 1 fully saturated rings. The third-order valence-electron chi connectivity index (χ3n) is 7.05. The van der Waals surface area contributed by atoms with Gasteiger partial charge < -0.3 is 30.1 Å². The zero-order valence-corrected chi connectivity index (χ0v) is 24.0. The van der Waals surface area contributed by atoms with Crippen LogP contribution in [0.25, 0.3) is 0 Å². The summed E-state index contributed by atoms with van der Waals surface area (Å²) in [5.41, 5.74) is 3.53. The molecule has 0 bridgehead atoms. The van der Waals surface area contributed by atoms with Crippen molar-refractivity contribution >= 4 is 29.6 Å². The first-order chi connectivity index (χ1) is 20.2. The van der Waals surface area contributed by atoms with Crippen LogP contribution < -0.4 is 5.32 Å². The summed E-state index contributed by atoms with van der Waals surface area (Å²) in [7, 11) is 0. The second-order valence-electron chi connectivity index (χ2n) is 10.1. The van der Waals surface area contributed by atoms with Crippen molar-refractivity contribution in [2.24, 2.45) is 5.92 Å². The van der Waals surface area contributed by atoms with Crippen molar-refractivity contribution in [3.63, 3.8) is 0 Å². The van der Waals surface area contributed by atoms with Gasteiger partial charge in [0.25, 0.3) is 0 Å². The lowest BCUT2D eigenvalue weighted by atomic mass is 9.91. The highest BCUT2D eigenvalue weighted by atomic mass is 32.2. The van der Waals surface area contributed by atoms with Crippen LogP contribution in [-0.4, -0.2) is 50.0 Å². The molecule has 4 rings (SSSR count). The van der Waals surface area contributed by atoms with Gasteiger partial charge in [-0.05, 0) is 35.2 Å². The molecule has 42 heavy (non-hydrogen) atoms. The van der Waals surface area contributed by atoms with Gasteiger partial charge in [-0.1, -0.05) is 55.5 Å². The van der Waals surface area contributed by atoms with E-state index >= 15 is 0 Å². The van der Waals surface area contributed by atoms with Crippen LogP contribution in [0.15, 0.2) is 71.9 Å². The number of rotatable bonds is 13. The Morgan fingerprint density at radius 3 is 2.29 bits per heavy atom. The highest BCUT2D eigenvalue weighted by Crippen LogP contribution is 2.43. The zero-order valence-electron chi connectivity index (χ0n) is 23.1. The summed E-state index contributed by atoms with van der Waals surface area (Å²) >= 11 is 1.33. The molecule has 4 N–H and O–H groups in total. The molecule has 4 unspecified atom stereocenters. The van der Waals surface area contributed by atoms with Crippen LogP contribution in [0.2, 0.25) is 0 Å². The number of aromatic carboxylic acids is 1. The molecule has 2 aromatic carbocycles. The number of nitrogens with zero attached hydrogens (tertiary/aromatic N) is 1. The Hall–Kier alpha value is -3.77. The zero-order chi connectivity index (χ0) is 30.1. The maximum absolute atomic E-state index is 12.0. The van der Waals surface area contributed by atoms with Crippen molar-refractivity contribution in [3.05, 3.63) is 94.7 Å². The van der Waals surface area contributed by atoms with Gasteiger partial charge in [0, 0.05) is 42.8 Å². The average molecular weight is 595 g/mol. The number of carboxylic acids is 2. The number of amides is 1. The number of ether oxygens (including phenoxy) is 2. The lowest BCUT2D eigenvalue weighted by Crippen LogP contribution is -2.38. The van der Waals surface area contributed by atoms with Crippen molar-refractivity contribution in [2.45, 2.75) is 62.9 Å². The molecule has 222 valence electrons. The second-order valence-corrected chi connectivity index (χ2v) is 11.1. The number of carboxylic acid groups (broad SMARTS) is 2. The number of pyridine rings is 1. The number of hydrogen-bond donors (Lipinski definition) is 4. The molecule has 3 aromatic rings. The molecule has 0 aliphatic carbocycles. The Kier molecular flexibility index (Phi) is 11.1. The molecule has 4 atom stereocenters. The van der Waals surface area contributed by atoms with E-state index in [-0.39, 0.29) is 55.5 Å². The van der Waals surface area contributed by atoms with E-state index in [0.717, 1.165) is 22.3 Å². The Labute approximate surface area is 248 Å². The van der Waals surface area contributed by atoms with Crippen molar-refractivity contribution < 1.29 is 39.2 Å². The number of aliphatic hydroxyl groups excluding tert-OH is 1. The maximum atomic E-state index is 12.0. The van der Waals surface area contributed by atoms with Gasteiger partial charge in [0.1, 0.15) is 5.03 Å². The molecule has 1 aliphatic heterocycles. The van der Waals surface area contributed by atoms with Crippen LogP contribution >= 0.6 is 11.8 Å². The molecular formula is C31H34N2O8S. The fraction of sp³-hybridized carbons (Fsp3) is 0.355. The summed E-state index contributed by atoms with van der Waals surface area (Å²) in [4.78, 5) is 38.6. The smallest absolute Gasteiger partial charge is 0.338 e. The first-order valence-corrected chi connectivity index (χ1v) is 14.6. The molecule has 0 spiro atoms. The van der Waals surface area contributed by atoms with E-state index in [2.05, 4.69) is 10.3 Å². The molecule has 2 heterocycles. The van der Waals surface area contributed by atoms with Crippen molar-refractivity contribution in [2.75, 3.05) is 5.75 Å². The lowest BCUT2D eigenvalue weighted by Gasteiger charge is -2.41. The van der Waals surface area contributed by atoms with Gasteiger partial charge in [0.15, 0.2) is 6.29 Å². The first kappa shape index (κ1) is 31.2. The van der Waals surface area contributed by atoms with E-state index in [1.165, 1.54) is 17.8 Å². The third kappa shape index (κ3) is 8.39. The van der Waals surface area contributed by atoms with Crippen molar-refractivity contribution in [3.8, 4) is 0 Å². The number of carbonyl (C=O) groups excluding carboxylic acids is 1. The molecular weight excluding hydrogens is 560 g/mol. The Morgan fingerprint density at radius 2 is 1.62 bits per heavy atom. The average Bonchev–Trinajstić information content (AvgIpc) is 3.00. The van der Waals surface area contributed by atoms with E-state index in [1.807, 2.05) is 55.5 Å². The highest BCUT2D eigenvalue weighted by Gasteiger charge is 2.38. The highest BCUT2D eigenvalue weighted by molar-refractivity contribution is 7.99. The summed E-state index contributed by atoms with van der Waals surface area (Å²) in [6.07, 6.45) is 0.638. The molecule has 1 aliphatic rings. The van der Waals surface area contributed by atoms with E-state index < -0.39 is 18.2 Å². The van der Waals surface area contributed by atoms with Crippen molar-refractivity contribution in [1.82, 2.24) is 10.3 Å². The van der Waals surface area contributed by atoms with Gasteiger partial charge in [-0.2, -0.15) is 0 Å². The second kappa shape index (κ2) is 14.9. The standard InChI is InChI=1S/C31H34N2O8S/c1-19-25(18-42-29-24(30(38)39)4-3-15-32-29)40-31(41-28(19)22-11-9-21(17-34)10-12-22)23-13-7-20(8-14-23)16-33-26(35)5-2-6-27(36)37/h3-4,7-15,19,25,28,31,34H,2,5-6,16-18H2,1H3,(H,33,35)(H,36,37)(H,38,39). The molecule has 0 radical (unpaired) electrons. The number of hydrogen-bond acceptors (Lipinski definition) is 8. The van der Waals surface area contributed by atoms with Gasteiger partial charge in [0.2, 0.25) is 5.91 Å². The normalized spacial score (nSPS) is 20.1. The summed E-state index contributed by atoms with van der Waals surface area (Å²) in [5.74, 6) is -1.80. The van der Waals surface area contributed by atoms with Crippen LogP contribution in [0.4, 0.5) is 0 Å². The minimum absolute atomic E-state index is 0.0449. The fourth-order valence-corrected chi connectivity index (χ4v) is 5.77. The van der Waals surface area contributed by atoms with Gasteiger partial charge in [0.05, 0.1) is 24.4 Å². The SMILES string of the molecule is CC1C(CSc2ncccc2C(=O)O)OC(c2ccc(CNC(=O)CCCC(=O)O)cc2)OC1c1ccc(CO)cc1. The largest absolute Gasteiger partial charge is 0.481 e. The van der Waals surface area contributed by atoms with Crippen LogP contribution in [-0.2, 0) is 32.2 Å². The maximum Gasteiger partial charge on any atom is 0.338 e. The predicted molar refractivity (Wildman–Crippen MR) is 155 cm³/mol. The van der Waals surface area contributed by atoms with Crippen LogP contribution in [0.1, 0.15) is 71.2 Å². The van der Waals surface area contributed by atoms with E-state index in [1.54, 1.807) is 12.3 Å². The van der Waals surface area contributed by atoms with E-state index in [9.17, 15) is 24.6 Å². The summed E-state index contributed by atoms with van der Waals surface area (Å²) < 4.78 is 12.9. The number of benzene rings is 2. The minimum Gasteiger partial charge on any atom is -0.481 e. The topological polar surface area (TPSA) is 155 Å². The third-order valence-corrected chi connectivity index (χ3v) is 8.14.